The van der Waals surface area contributed by atoms with Crippen molar-refractivity contribution in [3.63, 3.8) is 0 Å². The monoisotopic (exact) mass is 274 g/mol. The van der Waals surface area contributed by atoms with Crippen molar-refractivity contribution in [1.82, 2.24) is 10.3 Å². The maximum atomic E-state index is 13.0. The standard InChI is InChI=1S/C16H19FN2O/c1-2-16(12-20,15-9-8-14(17)11-18-15)19-10-13-6-4-3-5-7-13/h3-9,11,19-20H,2,10,12H2,1H3. The Bertz CT molecular complexity index is 524. The third-order valence-corrected chi connectivity index (χ3v) is 3.56. The molecule has 106 valence electrons. The van der Waals surface area contributed by atoms with E-state index in [2.05, 4.69) is 10.3 Å². The van der Waals surface area contributed by atoms with Gasteiger partial charge in [0.1, 0.15) is 5.82 Å². The molecule has 0 aliphatic heterocycles. The summed E-state index contributed by atoms with van der Waals surface area (Å²) in [6, 6.07) is 12.9. The Morgan fingerprint density at radius 1 is 1.20 bits per heavy atom. The zero-order valence-corrected chi connectivity index (χ0v) is 11.5. The number of hydrogen-bond acceptors (Lipinski definition) is 3. The minimum absolute atomic E-state index is 0.0883. The van der Waals surface area contributed by atoms with Gasteiger partial charge in [-0.3, -0.25) is 4.98 Å². The molecule has 4 heteroatoms. The Balaban J connectivity index is 2.19. The van der Waals surface area contributed by atoms with E-state index in [4.69, 9.17) is 0 Å². The van der Waals surface area contributed by atoms with Crippen molar-refractivity contribution in [2.24, 2.45) is 0 Å². The van der Waals surface area contributed by atoms with Gasteiger partial charge in [-0.1, -0.05) is 37.3 Å². The fraction of sp³-hybridized carbons (Fsp3) is 0.312. The number of rotatable bonds is 6. The zero-order chi connectivity index (χ0) is 14.4. The molecule has 0 bridgehead atoms. The lowest BCUT2D eigenvalue weighted by Crippen LogP contribution is -2.45. The number of nitrogens with zero attached hydrogens (tertiary/aromatic N) is 1. The van der Waals surface area contributed by atoms with Gasteiger partial charge in [0.15, 0.2) is 0 Å². The van der Waals surface area contributed by atoms with Crippen LogP contribution in [0.4, 0.5) is 4.39 Å². The molecule has 0 fully saturated rings. The van der Waals surface area contributed by atoms with Gasteiger partial charge >= 0.3 is 0 Å². The molecule has 0 radical (unpaired) electrons. The highest BCUT2D eigenvalue weighted by Gasteiger charge is 2.30. The highest BCUT2D eigenvalue weighted by molar-refractivity contribution is 5.19. The van der Waals surface area contributed by atoms with Crippen molar-refractivity contribution in [3.8, 4) is 0 Å². The summed E-state index contributed by atoms with van der Waals surface area (Å²) in [5.74, 6) is -0.375. The fourth-order valence-corrected chi connectivity index (χ4v) is 2.17. The average molecular weight is 274 g/mol. The van der Waals surface area contributed by atoms with Gasteiger partial charge in [0.25, 0.3) is 0 Å². The van der Waals surface area contributed by atoms with Gasteiger partial charge in [-0.25, -0.2) is 4.39 Å². The Labute approximate surface area is 118 Å². The van der Waals surface area contributed by atoms with E-state index in [9.17, 15) is 9.50 Å². The second kappa shape index (κ2) is 6.59. The average Bonchev–Trinajstić information content (AvgIpc) is 2.51. The minimum Gasteiger partial charge on any atom is -0.394 e. The van der Waals surface area contributed by atoms with Crippen LogP contribution in [0.5, 0.6) is 0 Å². The third kappa shape index (κ3) is 3.21. The van der Waals surface area contributed by atoms with Crippen LogP contribution in [0.1, 0.15) is 24.6 Å². The molecule has 2 rings (SSSR count). The van der Waals surface area contributed by atoms with Gasteiger partial charge in [-0.15, -0.1) is 0 Å². The molecule has 0 aliphatic rings. The zero-order valence-electron chi connectivity index (χ0n) is 11.5. The van der Waals surface area contributed by atoms with Crippen LogP contribution >= 0.6 is 0 Å². The van der Waals surface area contributed by atoms with Crippen LogP contribution in [0.25, 0.3) is 0 Å². The van der Waals surface area contributed by atoms with Crippen molar-refractivity contribution in [1.29, 1.82) is 0 Å². The van der Waals surface area contributed by atoms with Crippen molar-refractivity contribution >= 4 is 0 Å². The molecule has 2 N–H and O–H groups in total. The molecular formula is C16H19FN2O. The van der Waals surface area contributed by atoms with Crippen LogP contribution in [-0.2, 0) is 12.1 Å². The molecule has 1 heterocycles. The molecule has 2 aromatic rings. The van der Waals surface area contributed by atoms with Gasteiger partial charge in [0.2, 0.25) is 0 Å². The van der Waals surface area contributed by atoms with E-state index in [0.717, 1.165) is 5.56 Å². The van der Waals surface area contributed by atoms with Crippen LogP contribution in [0.3, 0.4) is 0 Å². The van der Waals surface area contributed by atoms with E-state index in [0.29, 0.717) is 18.7 Å². The Hall–Kier alpha value is -1.78. The predicted octanol–water partition coefficient (Wildman–Crippen LogP) is 2.61. The molecular weight excluding hydrogens is 255 g/mol. The fourth-order valence-electron chi connectivity index (χ4n) is 2.17. The highest BCUT2D eigenvalue weighted by atomic mass is 19.1. The van der Waals surface area contributed by atoms with E-state index in [1.165, 1.54) is 12.3 Å². The first-order chi connectivity index (χ1) is 9.70. The van der Waals surface area contributed by atoms with Crippen LogP contribution < -0.4 is 5.32 Å². The number of aliphatic hydroxyl groups excluding tert-OH is 1. The summed E-state index contributed by atoms with van der Waals surface area (Å²) in [7, 11) is 0. The lowest BCUT2D eigenvalue weighted by atomic mass is 9.92. The molecule has 1 aromatic carbocycles. The number of aromatic nitrogens is 1. The Morgan fingerprint density at radius 3 is 2.50 bits per heavy atom. The molecule has 1 atom stereocenters. The smallest absolute Gasteiger partial charge is 0.141 e. The molecule has 0 aliphatic carbocycles. The summed E-state index contributed by atoms with van der Waals surface area (Å²) < 4.78 is 13.0. The number of nitrogens with one attached hydrogen (secondary N) is 1. The number of hydrogen-bond donors (Lipinski definition) is 2. The first-order valence-electron chi connectivity index (χ1n) is 6.72. The van der Waals surface area contributed by atoms with Crippen molar-refractivity contribution in [3.05, 3.63) is 65.7 Å². The molecule has 0 saturated heterocycles. The van der Waals surface area contributed by atoms with Gasteiger partial charge < -0.3 is 10.4 Å². The van der Waals surface area contributed by atoms with Crippen molar-refractivity contribution in [2.75, 3.05) is 6.61 Å². The van der Waals surface area contributed by atoms with Gasteiger partial charge in [-0.05, 0) is 24.1 Å². The van der Waals surface area contributed by atoms with Crippen LogP contribution in [0, 0.1) is 5.82 Å². The molecule has 1 aromatic heterocycles. The predicted molar refractivity (Wildman–Crippen MR) is 76.5 cm³/mol. The second-order valence-electron chi connectivity index (χ2n) is 4.79. The molecule has 0 spiro atoms. The summed E-state index contributed by atoms with van der Waals surface area (Å²) in [5.41, 5.74) is 1.13. The van der Waals surface area contributed by atoms with Gasteiger partial charge in [0, 0.05) is 6.54 Å². The molecule has 20 heavy (non-hydrogen) atoms. The van der Waals surface area contributed by atoms with E-state index in [1.54, 1.807) is 6.07 Å². The molecule has 0 saturated carbocycles. The molecule has 3 nitrogen and oxygen atoms in total. The number of pyridine rings is 1. The van der Waals surface area contributed by atoms with E-state index >= 15 is 0 Å². The third-order valence-electron chi connectivity index (χ3n) is 3.56. The Morgan fingerprint density at radius 2 is 1.95 bits per heavy atom. The quantitative estimate of drug-likeness (QED) is 0.851. The second-order valence-corrected chi connectivity index (χ2v) is 4.79. The minimum atomic E-state index is -0.649. The van der Waals surface area contributed by atoms with Crippen LogP contribution in [0.15, 0.2) is 48.7 Å². The van der Waals surface area contributed by atoms with Crippen LogP contribution in [0.2, 0.25) is 0 Å². The van der Waals surface area contributed by atoms with Gasteiger partial charge in [-0.2, -0.15) is 0 Å². The summed E-state index contributed by atoms with van der Waals surface area (Å²) in [5, 5.41) is 13.1. The first kappa shape index (κ1) is 14.6. The SMILES string of the molecule is CCC(CO)(NCc1ccccc1)c1ccc(F)cn1. The molecule has 1 unspecified atom stereocenters. The van der Waals surface area contributed by atoms with E-state index in [1.807, 2.05) is 37.3 Å². The maximum absolute atomic E-state index is 13.0. The van der Waals surface area contributed by atoms with Crippen LogP contribution in [-0.4, -0.2) is 16.7 Å². The van der Waals surface area contributed by atoms with Crippen molar-refractivity contribution in [2.45, 2.75) is 25.4 Å². The lowest BCUT2D eigenvalue weighted by molar-refractivity contribution is 0.150. The lowest BCUT2D eigenvalue weighted by Gasteiger charge is -2.31. The largest absolute Gasteiger partial charge is 0.394 e. The normalized spacial score (nSPS) is 13.9. The summed E-state index contributed by atoms with van der Waals surface area (Å²) in [6.07, 6.45) is 1.84. The number of benzene rings is 1. The number of aliphatic hydroxyl groups is 1. The van der Waals surface area contributed by atoms with Gasteiger partial charge in [0.05, 0.1) is 24.0 Å². The summed E-state index contributed by atoms with van der Waals surface area (Å²) >= 11 is 0. The number of halogens is 1. The van der Waals surface area contributed by atoms with E-state index in [-0.39, 0.29) is 12.4 Å². The topological polar surface area (TPSA) is 45.1 Å². The first-order valence-corrected chi connectivity index (χ1v) is 6.72. The highest BCUT2D eigenvalue weighted by Crippen LogP contribution is 2.23. The van der Waals surface area contributed by atoms with Crippen molar-refractivity contribution < 1.29 is 9.50 Å². The summed E-state index contributed by atoms with van der Waals surface area (Å²) in [6.45, 7) is 2.50. The summed E-state index contributed by atoms with van der Waals surface area (Å²) in [4.78, 5) is 4.11. The van der Waals surface area contributed by atoms with E-state index < -0.39 is 5.54 Å². The molecule has 0 amide bonds. The maximum Gasteiger partial charge on any atom is 0.141 e. The Kier molecular flexibility index (Phi) is 4.82.